The third-order valence-corrected chi connectivity index (χ3v) is 5.65. The van der Waals surface area contributed by atoms with E-state index in [9.17, 15) is 9.18 Å². The first-order valence-electron chi connectivity index (χ1n) is 8.02. The maximum Gasteiger partial charge on any atom is 0.234 e. The molecule has 0 bridgehead atoms. The highest BCUT2D eigenvalue weighted by Gasteiger charge is 2.52. The fourth-order valence-electron chi connectivity index (χ4n) is 4.50. The summed E-state index contributed by atoms with van der Waals surface area (Å²) in [6.07, 6.45) is 5.32. The van der Waals surface area contributed by atoms with E-state index < -0.39 is 0 Å². The van der Waals surface area contributed by atoms with Crippen LogP contribution in [0.4, 0.5) is 10.1 Å². The number of fused-ring (bicyclic) bond motifs is 2. The molecule has 2 atom stereocenters. The summed E-state index contributed by atoms with van der Waals surface area (Å²) in [4.78, 5) is 15.1. The maximum absolute atomic E-state index is 13.6. The molecule has 3 nitrogen and oxygen atoms in total. The van der Waals surface area contributed by atoms with Crippen LogP contribution >= 0.6 is 12.4 Å². The quantitative estimate of drug-likeness (QED) is 0.861. The Morgan fingerprint density at radius 3 is 3.09 bits per heavy atom. The van der Waals surface area contributed by atoms with Crippen LogP contribution in [0.1, 0.15) is 31.2 Å². The molecule has 2 fully saturated rings. The van der Waals surface area contributed by atoms with Crippen molar-refractivity contribution in [3.63, 3.8) is 0 Å². The molecule has 22 heavy (non-hydrogen) atoms. The van der Waals surface area contributed by atoms with Crippen molar-refractivity contribution < 1.29 is 9.18 Å². The smallest absolute Gasteiger partial charge is 0.234 e. The molecule has 1 aromatic rings. The fraction of sp³-hybridized carbons (Fsp3) is 0.588. The van der Waals surface area contributed by atoms with Gasteiger partial charge in [-0.3, -0.25) is 4.79 Å². The van der Waals surface area contributed by atoms with Gasteiger partial charge in [-0.25, -0.2) is 4.39 Å². The van der Waals surface area contributed by atoms with E-state index in [-0.39, 0.29) is 29.5 Å². The summed E-state index contributed by atoms with van der Waals surface area (Å²) in [6, 6.07) is 4.84. The van der Waals surface area contributed by atoms with Crippen LogP contribution in [0.3, 0.4) is 0 Å². The predicted octanol–water partition coefficient (Wildman–Crippen LogP) is 2.92. The molecule has 4 rings (SSSR count). The van der Waals surface area contributed by atoms with Crippen LogP contribution in [0.2, 0.25) is 0 Å². The van der Waals surface area contributed by atoms with Crippen molar-refractivity contribution in [3.05, 3.63) is 29.6 Å². The van der Waals surface area contributed by atoms with Gasteiger partial charge in [0.1, 0.15) is 5.82 Å². The van der Waals surface area contributed by atoms with E-state index in [2.05, 4.69) is 5.32 Å². The molecule has 0 unspecified atom stereocenters. The summed E-state index contributed by atoms with van der Waals surface area (Å²) in [5, 5.41) is 3.42. The summed E-state index contributed by atoms with van der Waals surface area (Å²) in [5.74, 6) is 0.425. The van der Waals surface area contributed by atoms with Crippen molar-refractivity contribution in [2.24, 2.45) is 11.3 Å². The van der Waals surface area contributed by atoms with Crippen molar-refractivity contribution in [2.75, 3.05) is 24.5 Å². The van der Waals surface area contributed by atoms with Gasteiger partial charge in [-0.2, -0.15) is 0 Å². The zero-order valence-electron chi connectivity index (χ0n) is 12.6. The lowest BCUT2D eigenvalue weighted by atomic mass is 9.67. The zero-order valence-corrected chi connectivity index (χ0v) is 13.4. The van der Waals surface area contributed by atoms with Gasteiger partial charge in [0.2, 0.25) is 5.91 Å². The third kappa shape index (κ3) is 2.24. The van der Waals surface area contributed by atoms with Crippen LogP contribution < -0.4 is 10.2 Å². The standard InChI is InChI=1S/C17H21FN2O.ClH/c18-14-5-4-12-6-8-20(15(12)9-14)16(21)17-7-2-1-3-13(17)10-19-11-17;/h4-5,9,13,19H,1-3,6-8,10-11H2;1H/t13-,17+;/m0./s1. The van der Waals surface area contributed by atoms with Gasteiger partial charge in [0, 0.05) is 18.8 Å². The molecule has 1 amide bonds. The number of halogens is 2. The Bertz CT molecular complexity index is 594. The number of hydrogen-bond donors (Lipinski definition) is 1. The molecule has 5 heteroatoms. The molecule has 1 saturated carbocycles. The number of hydrogen-bond acceptors (Lipinski definition) is 2. The van der Waals surface area contributed by atoms with Crippen molar-refractivity contribution in [1.82, 2.24) is 5.32 Å². The van der Waals surface area contributed by atoms with Crippen molar-refractivity contribution in [3.8, 4) is 0 Å². The van der Waals surface area contributed by atoms with E-state index in [1.54, 1.807) is 0 Å². The largest absolute Gasteiger partial charge is 0.315 e. The van der Waals surface area contributed by atoms with Crippen LogP contribution in [-0.2, 0) is 11.2 Å². The fourth-order valence-corrected chi connectivity index (χ4v) is 4.50. The molecule has 1 saturated heterocycles. The van der Waals surface area contributed by atoms with E-state index in [4.69, 9.17) is 0 Å². The average molecular weight is 325 g/mol. The Morgan fingerprint density at radius 2 is 2.23 bits per heavy atom. The first kappa shape index (κ1) is 15.8. The van der Waals surface area contributed by atoms with Crippen LogP contribution in [0, 0.1) is 17.2 Å². The summed E-state index contributed by atoms with van der Waals surface area (Å²) < 4.78 is 13.6. The van der Waals surface area contributed by atoms with Crippen LogP contribution in [0.15, 0.2) is 18.2 Å². The highest BCUT2D eigenvalue weighted by Crippen LogP contribution is 2.46. The normalized spacial score (nSPS) is 29.7. The van der Waals surface area contributed by atoms with E-state index in [0.717, 1.165) is 50.0 Å². The van der Waals surface area contributed by atoms with Gasteiger partial charge in [0.15, 0.2) is 0 Å². The van der Waals surface area contributed by atoms with Gasteiger partial charge < -0.3 is 10.2 Å². The van der Waals surface area contributed by atoms with E-state index in [1.807, 2.05) is 11.0 Å². The van der Waals surface area contributed by atoms with Gasteiger partial charge in [-0.1, -0.05) is 18.9 Å². The SMILES string of the molecule is Cl.O=C(N1CCc2ccc(F)cc21)[C@@]12CCCC[C@H]1CNC2. The van der Waals surface area contributed by atoms with Crippen LogP contribution in [0.5, 0.6) is 0 Å². The Kier molecular flexibility index (Phi) is 4.17. The molecule has 0 aromatic heterocycles. The average Bonchev–Trinajstić information content (AvgIpc) is 3.10. The summed E-state index contributed by atoms with van der Waals surface area (Å²) >= 11 is 0. The molecule has 2 aliphatic heterocycles. The maximum atomic E-state index is 13.6. The Balaban J connectivity index is 0.00000144. The molecular formula is C17H22ClFN2O. The predicted molar refractivity (Wildman–Crippen MR) is 87.0 cm³/mol. The minimum absolute atomic E-state index is 0. The molecular weight excluding hydrogens is 303 g/mol. The molecule has 1 aromatic carbocycles. The summed E-state index contributed by atoms with van der Waals surface area (Å²) in [5.41, 5.74) is 1.65. The number of anilines is 1. The molecule has 1 N–H and O–H groups in total. The van der Waals surface area contributed by atoms with Gasteiger partial charge >= 0.3 is 0 Å². The molecule has 120 valence electrons. The van der Waals surface area contributed by atoms with Crippen LogP contribution in [-0.4, -0.2) is 25.5 Å². The number of rotatable bonds is 1. The number of benzene rings is 1. The van der Waals surface area contributed by atoms with Gasteiger partial charge in [0.05, 0.1) is 5.41 Å². The van der Waals surface area contributed by atoms with Crippen molar-refractivity contribution in [2.45, 2.75) is 32.1 Å². The number of carbonyl (C=O) groups is 1. The monoisotopic (exact) mass is 324 g/mol. The van der Waals surface area contributed by atoms with Crippen LogP contribution in [0.25, 0.3) is 0 Å². The van der Waals surface area contributed by atoms with Gasteiger partial charge in [0.25, 0.3) is 0 Å². The number of amides is 1. The van der Waals surface area contributed by atoms with Crippen molar-refractivity contribution in [1.29, 1.82) is 0 Å². The highest BCUT2D eigenvalue weighted by molar-refractivity contribution is 6.00. The summed E-state index contributed by atoms with van der Waals surface area (Å²) in [7, 11) is 0. The topological polar surface area (TPSA) is 32.3 Å². The van der Waals surface area contributed by atoms with Gasteiger partial charge in [-0.05, 0) is 49.4 Å². The first-order valence-corrected chi connectivity index (χ1v) is 8.02. The second-order valence-electron chi connectivity index (χ2n) is 6.71. The van der Waals surface area contributed by atoms with E-state index >= 15 is 0 Å². The molecule has 0 spiro atoms. The summed E-state index contributed by atoms with van der Waals surface area (Å²) in [6.45, 7) is 2.44. The first-order chi connectivity index (χ1) is 10.2. The lowest BCUT2D eigenvalue weighted by Gasteiger charge is -2.40. The van der Waals surface area contributed by atoms with Crippen molar-refractivity contribution >= 4 is 24.0 Å². The second-order valence-corrected chi connectivity index (χ2v) is 6.71. The second kappa shape index (κ2) is 5.82. The Labute approximate surface area is 136 Å². The minimum Gasteiger partial charge on any atom is -0.315 e. The Morgan fingerprint density at radius 1 is 1.36 bits per heavy atom. The minimum atomic E-state index is -0.254. The molecule has 2 heterocycles. The number of nitrogens with zero attached hydrogens (tertiary/aromatic N) is 1. The Hall–Kier alpha value is -1.13. The van der Waals surface area contributed by atoms with E-state index in [0.29, 0.717) is 12.5 Å². The lowest BCUT2D eigenvalue weighted by molar-refractivity contribution is -0.131. The molecule has 1 aliphatic carbocycles. The number of nitrogens with one attached hydrogen (secondary N) is 1. The van der Waals surface area contributed by atoms with Gasteiger partial charge in [-0.15, -0.1) is 12.4 Å². The zero-order chi connectivity index (χ0) is 14.4. The highest BCUT2D eigenvalue weighted by atomic mass is 35.5. The number of carbonyl (C=O) groups excluding carboxylic acids is 1. The molecule has 3 aliphatic rings. The third-order valence-electron chi connectivity index (χ3n) is 5.65. The van der Waals surface area contributed by atoms with E-state index in [1.165, 1.54) is 18.6 Å². The molecule has 0 radical (unpaired) electrons. The lowest BCUT2D eigenvalue weighted by Crippen LogP contribution is -2.49.